The van der Waals surface area contributed by atoms with E-state index in [-0.39, 0.29) is 11.3 Å². The highest BCUT2D eigenvalue weighted by atomic mass is 32.1. The molecule has 27 heavy (non-hydrogen) atoms. The van der Waals surface area contributed by atoms with Crippen molar-refractivity contribution in [3.8, 4) is 11.8 Å². The van der Waals surface area contributed by atoms with Crippen molar-refractivity contribution in [1.82, 2.24) is 0 Å². The number of nitrogens with two attached hydrogens (primary N) is 1. The number of amidine groups is 1. The second-order valence-electron chi connectivity index (χ2n) is 6.23. The molecule has 3 N–H and O–H groups in total. The van der Waals surface area contributed by atoms with Crippen LogP contribution >= 0.6 is 12.6 Å². The fourth-order valence-electron chi connectivity index (χ4n) is 2.61. The molecule has 2 rings (SSSR count). The molecule has 1 aromatic rings. The van der Waals surface area contributed by atoms with Crippen molar-refractivity contribution in [2.45, 2.75) is 38.1 Å². The van der Waals surface area contributed by atoms with Gasteiger partial charge in [0.25, 0.3) is 6.02 Å². The molecule has 0 amide bonds. The number of halogens is 4. The van der Waals surface area contributed by atoms with Crippen molar-refractivity contribution in [2.24, 2.45) is 10.7 Å². The van der Waals surface area contributed by atoms with Gasteiger partial charge in [0, 0.05) is 23.3 Å². The summed E-state index contributed by atoms with van der Waals surface area (Å²) in [7, 11) is 0. The zero-order valence-corrected chi connectivity index (χ0v) is 15.4. The van der Waals surface area contributed by atoms with Gasteiger partial charge < -0.3 is 15.9 Å². The second-order valence-corrected chi connectivity index (χ2v) is 6.72. The SMILES string of the molecule is CC(=N)/C=C(\S)C#Cc1ccc(F)c([C@]2(C)C[C@@H](C(F)(F)F)OC(N)=N2)c1. The summed E-state index contributed by atoms with van der Waals surface area (Å²) in [4.78, 5) is 4.24. The minimum Gasteiger partial charge on any atom is -0.452 e. The Morgan fingerprint density at radius 3 is 2.74 bits per heavy atom. The molecular formula is C18H17F4N3OS. The average molecular weight is 399 g/mol. The lowest BCUT2D eigenvalue weighted by Crippen LogP contribution is -2.46. The molecule has 2 atom stereocenters. The lowest BCUT2D eigenvalue weighted by Gasteiger charge is -2.35. The number of nitrogens with one attached hydrogen (secondary N) is 1. The number of aliphatic imine (C=N–C) groups is 1. The molecule has 9 heteroatoms. The maximum absolute atomic E-state index is 14.4. The van der Waals surface area contributed by atoms with Crippen LogP contribution in [0.15, 0.2) is 34.2 Å². The topological polar surface area (TPSA) is 71.5 Å². The summed E-state index contributed by atoms with van der Waals surface area (Å²) < 4.78 is 58.2. The van der Waals surface area contributed by atoms with Gasteiger partial charge in [-0.15, -0.1) is 12.6 Å². The molecule has 1 aliphatic rings. The van der Waals surface area contributed by atoms with E-state index in [1.165, 1.54) is 25.1 Å². The van der Waals surface area contributed by atoms with E-state index in [0.717, 1.165) is 6.07 Å². The van der Waals surface area contributed by atoms with E-state index in [1.54, 1.807) is 6.92 Å². The fourth-order valence-corrected chi connectivity index (χ4v) is 2.86. The van der Waals surface area contributed by atoms with Crippen LogP contribution in [-0.2, 0) is 10.3 Å². The molecule has 1 aromatic carbocycles. The molecule has 0 fully saturated rings. The number of hydrogen-bond donors (Lipinski definition) is 3. The Labute approximate surface area is 159 Å². The number of hydrogen-bond acceptors (Lipinski definition) is 5. The molecule has 0 aliphatic carbocycles. The van der Waals surface area contributed by atoms with Crippen molar-refractivity contribution < 1.29 is 22.3 Å². The van der Waals surface area contributed by atoms with E-state index in [0.29, 0.717) is 10.5 Å². The first-order chi connectivity index (χ1) is 12.4. The first-order valence-electron chi connectivity index (χ1n) is 7.77. The Bertz CT molecular complexity index is 883. The normalized spacial score (nSPS) is 23.0. The van der Waals surface area contributed by atoms with Gasteiger partial charge in [-0.2, -0.15) is 13.2 Å². The molecule has 0 saturated carbocycles. The number of allylic oxidation sites excluding steroid dienone is 2. The summed E-state index contributed by atoms with van der Waals surface area (Å²) in [6, 6.07) is 3.18. The van der Waals surface area contributed by atoms with Gasteiger partial charge in [-0.05, 0) is 38.1 Å². The highest BCUT2D eigenvalue weighted by molar-refractivity contribution is 7.84. The minimum atomic E-state index is -4.66. The Balaban J connectivity index is 2.45. The molecule has 0 bridgehead atoms. The van der Waals surface area contributed by atoms with Crippen LogP contribution in [0.4, 0.5) is 17.6 Å². The fraction of sp³-hybridized carbons (Fsp3) is 0.333. The van der Waals surface area contributed by atoms with Crippen molar-refractivity contribution in [3.05, 3.63) is 46.1 Å². The lowest BCUT2D eigenvalue weighted by atomic mass is 9.85. The predicted octanol–water partition coefficient (Wildman–Crippen LogP) is 3.91. The molecule has 144 valence electrons. The van der Waals surface area contributed by atoms with Gasteiger partial charge in [-0.3, -0.25) is 0 Å². The van der Waals surface area contributed by atoms with E-state index in [1.807, 2.05) is 0 Å². The summed E-state index contributed by atoms with van der Waals surface area (Å²) in [6.45, 7) is 2.92. The standard InChI is InChI=1S/C18H17F4N3OS/c1-10(23)7-12(27)5-3-11-4-6-14(19)13(8-11)17(2)9-15(18(20,21)22)26-16(24)25-17/h4,6-8,15,23,27H,9H2,1-2H3,(H2,24,25)/b12-7-,23-10?/t15-,17-/m0/s1. The first-order valence-corrected chi connectivity index (χ1v) is 8.22. The summed E-state index contributed by atoms with van der Waals surface area (Å²) in [5, 5.41) is 7.34. The van der Waals surface area contributed by atoms with Crippen LogP contribution < -0.4 is 5.73 Å². The molecule has 1 aliphatic heterocycles. The zero-order chi connectivity index (χ0) is 20.4. The Morgan fingerprint density at radius 2 is 2.15 bits per heavy atom. The van der Waals surface area contributed by atoms with Crippen LogP contribution in [0.25, 0.3) is 0 Å². The number of nitrogens with zero attached hydrogens (tertiary/aromatic N) is 1. The van der Waals surface area contributed by atoms with E-state index < -0.39 is 36.1 Å². The molecule has 0 unspecified atom stereocenters. The Hall–Kier alpha value is -2.47. The van der Waals surface area contributed by atoms with Crippen LogP contribution in [0.3, 0.4) is 0 Å². The average Bonchev–Trinajstić information content (AvgIpc) is 2.51. The zero-order valence-electron chi connectivity index (χ0n) is 14.5. The van der Waals surface area contributed by atoms with Gasteiger partial charge in [0.15, 0.2) is 6.10 Å². The summed E-state index contributed by atoms with van der Waals surface area (Å²) in [5.74, 6) is 4.69. The van der Waals surface area contributed by atoms with E-state index in [4.69, 9.17) is 11.1 Å². The largest absolute Gasteiger partial charge is 0.452 e. The molecular weight excluding hydrogens is 382 g/mol. The molecule has 4 nitrogen and oxygen atoms in total. The summed E-state index contributed by atoms with van der Waals surface area (Å²) in [5.41, 5.74) is 4.40. The number of benzene rings is 1. The quantitative estimate of drug-likeness (QED) is 0.305. The predicted molar refractivity (Wildman–Crippen MR) is 98.3 cm³/mol. The smallest absolute Gasteiger partial charge is 0.425 e. The highest BCUT2D eigenvalue weighted by Gasteiger charge is 2.50. The summed E-state index contributed by atoms with van der Waals surface area (Å²) >= 11 is 4.11. The van der Waals surface area contributed by atoms with Crippen LogP contribution in [0, 0.1) is 23.1 Å². The van der Waals surface area contributed by atoms with Crippen LogP contribution in [0.5, 0.6) is 0 Å². The van der Waals surface area contributed by atoms with E-state index in [2.05, 4.69) is 34.2 Å². The number of rotatable bonds is 2. The van der Waals surface area contributed by atoms with E-state index in [9.17, 15) is 17.6 Å². The van der Waals surface area contributed by atoms with Crippen LogP contribution in [-0.4, -0.2) is 24.0 Å². The van der Waals surface area contributed by atoms with Crippen LogP contribution in [0.1, 0.15) is 31.4 Å². The van der Waals surface area contributed by atoms with Crippen molar-refractivity contribution >= 4 is 24.4 Å². The highest BCUT2D eigenvalue weighted by Crippen LogP contribution is 2.40. The Morgan fingerprint density at radius 1 is 1.48 bits per heavy atom. The van der Waals surface area contributed by atoms with Gasteiger partial charge in [-0.25, -0.2) is 9.38 Å². The van der Waals surface area contributed by atoms with Crippen molar-refractivity contribution in [1.29, 1.82) is 5.41 Å². The van der Waals surface area contributed by atoms with Gasteiger partial charge >= 0.3 is 6.18 Å². The van der Waals surface area contributed by atoms with Crippen molar-refractivity contribution in [3.63, 3.8) is 0 Å². The lowest BCUT2D eigenvalue weighted by molar-refractivity contribution is -0.208. The number of thiol groups is 1. The third kappa shape index (κ3) is 5.26. The van der Waals surface area contributed by atoms with Gasteiger partial charge in [0.2, 0.25) is 0 Å². The van der Waals surface area contributed by atoms with Crippen molar-refractivity contribution in [2.75, 3.05) is 0 Å². The molecule has 0 aromatic heterocycles. The van der Waals surface area contributed by atoms with E-state index >= 15 is 0 Å². The maximum atomic E-state index is 14.4. The Kier molecular flexibility index (Phi) is 5.90. The molecule has 0 spiro atoms. The summed E-state index contributed by atoms with van der Waals surface area (Å²) in [6.07, 6.45) is -6.03. The monoisotopic (exact) mass is 399 g/mol. The van der Waals surface area contributed by atoms with Crippen LogP contribution in [0.2, 0.25) is 0 Å². The van der Waals surface area contributed by atoms with Gasteiger partial charge in [0.1, 0.15) is 5.82 Å². The third-order valence-corrected chi connectivity index (χ3v) is 4.04. The second kappa shape index (κ2) is 7.64. The molecule has 0 radical (unpaired) electrons. The number of alkyl halides is 3. The first kappa shape index (κ1) is 20.8. The van der Waals surface area contributed by atoms with Gasteiger partial charge in [-0.1, -0.05) is 11.8 Å². The number of ether oxygens (including phenoxy) is 1. The molecule has 0 saturated heterocycles. The van der Waals surface area contributed by atoms with Gasteiger partial charge in [0.05, 0.1) is 10.4 Å². The maximum Gasteiger partial charge on any atom is 0.425 e. The minimum absolute atomic E-state index is 0.0669. The molecule has 1 heterocycles. The third-order valence-electron chi connectivity index (χ3n) is 3.80.